The lowest BCUT2D eigenvalue weighted by Gasteiger charge is -2.24. The van der Waals surface area contributed by atoms with Crippen molar-refractivity contribution in [2.75, 3.05) is 6.61 Å². The van der Waals surface area contributed by atoms with E-state index >= 15 is 0 Å². The lowest BCUT2D eigenvalue weighted by Crippen LogP contribution is -2.39. The minimum atomic E-state index is -0.677. The van der Waals surface area contributed by atoms with Crippen molar-refractivity contribution in [3.8, 4) is 5.75 Å². The van der Waals surface area contributed by atoms with Crippen LogP contribution in [0.1, 0.15) is 43.5 Å². The van der Waals surface area contributed by atoms with Crippen molar-refractivity contribution in [1.82, 2.24) is 4.57 Å². The van der Waals surface area contributed by atoms with Crippen molar-refractivity contribution in [1.29, 1.82) is 0 Å². The van der Waals surface area contributed by atoms with Gasteiger partial charge in [-0.1, -0.05) is 57.1 Å². The number of benzene rings is 2. The normalized spacial score (nSPS) is 15.5. The third kappa shape index (κ3) is 5.06. The predicted octanol–water partition coefficient (Wildman–Crippen LogP) is 3.79. The summed E-state index contributed by atoms with van der Waals surface area (Å²) in [6.07, 6.45) is 1.67. The van der Waals surface area contributed by atoms with E-state index in [0.717, 1.165) is 15.6 Å². The summed E-state index contributed by atoms with van der Waals surface area (Å²) in [4.78, 5) is 43.3. The van der Waals surface area contributed by atoms with E-state index in [9.17, 15) is 14.4 Å². The van der Waals surface area contributed by atoms with Gasteiger partial charge in [-0.25, -0.2) is 9.79 Å². The molecule has 9 heteroatoms. The first-order chi connectivity index (χ1) is 16.7. The van der Waals surface area contributed by atoms with Crippen molar-refractivity contribution in [3.63, 3.8) is 0 Å². The zero-order valence-corrected chi connectivity index (χ0v) is 22.0. The summed E-state index contributed by atoms with van der Waals surface area (Å²) in [6.45, 7) is 6.99. The summed E-state index contributed by atoms with van der Waals surface area (Å²) >= 11 is 4.64. The molecule has 0 spiro atoms. The second kappa shape index (κ2) is 10.1. The summed E-state index contributed by atoms with van der Waals surface area (Å²) in [7, 11) is 0. The third-order valence-electron chi connectivity index (χ3n) is 5.42. The Morgan fingerprint density at radius 1 is 1.17 bits per heavy atom. The molecule has 180 valence electrons. The Morgan fingerprint density at radius 3 is 2.54 bits per heavy atom. The standard InChI is InChI=1S/C26H23BrN2O5S/c1-5-33-25(32)22-15(3)28-26-29(23(22)17-8-6-14(2)7-9-17)24(31)21(35-26)13-18-12-19(27)10-11-20(18)34-16(4)30/h6-13,23H,5H2,1-4H3/b21-13-/t23-/m1/s1. The molecule has 0 unspecified atom stereocenters. The van der Waals surface area contributed by atoms with Gasteiger partial charge in [0.05, 0.1) is 28.5 Å². The SMILES string of the molecule is CCOC(=O)C1=C(C)N=c2s/c(=C\c3cc(Br)ccc3OC(C)=O)c(=O)n2[C@@H]1c1ccc(C)cc1. The predicted molar refractivity (Wildman–Crippen MR) is 137 cm³/mol. The average molecular weight is 555 g/mol. The van der Waals surface area contributed by atoms with E-state index in [2.05, 4.69) is 20.9 Å². The largest absolute Gasteiger partial charge is 0.463 e. The van der Waals surface area contributed by atoms with Gasteiger partial charge in [0.1, 0.15) is 5.75 Å². The molecule has 3 aromatic rings. The molecule has 0 saturated carbocycles. The molecule has 0 radical (unpaired) electrons. The monoisotopic (exact) mass is 554 g/mol. The Balaban J connectivity index is 1.96. The molecule has 0 N–H and O–H groups in total. The molecule has 1 aromatic heterocycles. The minimum absolute atomic E-state index is 0.211. The van der Waals surface area contributed by atoms with Crippen molar-refractivity contribution in [2.24, 2.45) is 4.99 Å². The Morgan fingerprint density at radius 2 is 1.89 bits per heavy atom. The van der Waals surface area contributed by atoms with Crippen LogP contribution in [0.15, 0.2) is 68.0 Å². The van der Waals surface area contributed by atoms with Crippen LogP contribution >= 0.6 is 27.3 Å². The third-order valence-corrected chi connectivity index (χ3v) is 6.90. The van der Waals surface area contributed by atoms with Crippen LogP contribution < -0.4 is 19.6 Å². The smallest absolute Gasteiger partial charge is 0.338 e. The van der Waals surface area contributed by atoms with Crippen LogP contribution in [0.3, 0.4) is 0 Å². The molecular formula is C26H23BrN2O5S. The van der Waals surface area contributed by atoms with Gasteiger partial charge >= 0.3 is 11.9 Å². The van der Waals surface area contributed by atoms with Crippen molar-refractivity contribution >= 4 is 45.3 Å². The number of aryl methyl sites for hydroxylation is 1. The Kier molecular flexibility index (Phi) is 7.18. The molecule has 1 atom stereocenters. The van der Waals surface area contributed by atoms with Crippen molar-refractivity contribution in [3.05, 3.63) is 94.6 Å². The molecule has 2 heterocycles. The highest BCUT2D eigenvalue weighted by Gasteiger charge is 2.33. The maximum absolute atomic E-state index is 13.7. The molecule has 0 fully saturated rings. The van der Waals surface area contributed by atoms with Crippen LogP contribution in [0.25, 0.3) is 6.08 Å². The van der Waals surface area contributed by atoms with Crippen LogP contribution in [-0.4, -0.2) is 23.1 Å². The second-order valence-electron chi connectivity index (χ2n) is 7.99. The fraction of sp³-hybridized carbons (Fsp3) is 0.231. The Labute approximate surface area is 214 Å². The summed E-state index contributed by atoms with van der Waals surface area (Å²) < 4.78 is 13.3. The molecule has 7 nitrogen and oxygen atoms in total. The molecule has 4 rings (SSSR count). The Hall–Kier alpha value is -3.30. The van der Waals surface area contributed by atoms with Crippen LogP contribution in [0.5, 0.6) is 5.75 Å². The van der Waals surface area contributed by atoms with Gasteiger partial charge in [-0.05, 0) is 50.6 Å². The van der Waals surface area contributed by atoms with E-state index in [1.54, 1.807) is 38.1 Å². The molecule has 0 amide bonds. The molecular weight excluding hydrogens is 532 g/mol. The van der Waals surface area contributed by atoms with Gasteiger partial charge < -0.3 is 9.47 Å². The number of allylic oxidation sites excluding steroid dienone is 1. The molecule has 0 saturated heterocycles. The highest BCUT2D eigenvalue weighted by atomic mass is 79.9. The minimum Gasteiger partial charge on any atom is -0.463 e. The maximum Gasteiger partial charge on any atom is 0.338 e. The molecule has 0 bridgehead atoms. The fourth-order valence-corrected chi connectivity index (χ4v) is 5.29. The lowest BCUT2D eigenvalue weighted by molar-refractivity contribution is -0.139. The number of rotatable bonds is 5. The number of carbonyl (C=O) groups is 2. The van der Waals surface area contributed by atoms with Gasteiger partial charge in [0.15, 0.2) is 4.80 Å². The van der Waals surface area contributed by atoms with Crippen LogP contribution in [0.4, 0.5) is 0 Å². The van der Waals surface area contributed by atoms with E-state index in [1.165, 1.54) is 22.8 Å². The zero-order chi connectivity index (χ0) is 25.3. The molecule has 35 heavy (non-hydrogen) atoms. The molecule has 1 aliphatic heterocycles. The number of nitrogens with zero attached hydrogens (tertiary/aromatic N) is 2. The van der Waals surface area contributed by atoms with Gasteiger partial charge in [-0.3, -0.25) is 14.2 Å². The number of aromatic nitrogens is 1. The number of fused-ring (bicyclic) bond motifs is 1. The highest BCUT2D eigenvalue weighted by molar-refractivity contribution is 9.10. The summed E-state index contributed by atoms with van der Waals surface area (Å²) in [6, 6.07) is 12.2. The van der Waals surface area contributed by atoms with Crippen molar-refractivity contribution < 1.29 is 19.1 Å². The van der Waals surface area contributed by atoms with Crippen LogP contribution in [0.2, 0.25) is 0 Å². The van der Waals surface area contributed by atoms with Gasteiger partial charge in [0, 0.05) is 17.0 Å². The van der Waals surface area contributed by atoms with Crippen LogP contribution in [-0.2, 0) is 14.3 Å². The van der Waals surface area contributed by atoms with E-state index < -0.39 is 18.0 Å². The number of thiazole rings is 1. The number of hydrogen-bond acceptors (Lipinski definition) is 7. The van der Waals surface area contributed by atoms with Crippen LogP contribution in [0, 0.1) is 6.92 Å². The quantitative estimate of drug-likeness (QED) is 0.353. The van der Waals surface area contributed by atoms with E-state index in [1.807, 2.05) is 31.2 Å². The highest BCUT2D eigenvalue weighted by Crippen LogP contribution is 2.31. The van der Waals surface area contributed by atoms with Gasteiger partial charge in [0.25, 0.3) is 5.56 Å². The van der Waals surface area contributed by atoms with E-state index in [4.69, 9.17) is 9.47 Å². The average Bonchev–Trinajstić information content (AvgIpc) is 3.09. The number of hydrogen-bond donors (Lipinski definition) is 0. The van der Waals surface area contributed by atoms with E-state index in [0.29, 0.717) is 31.9 Å². The number of esters is 2. The number of halogens is 1. The maximum atomic E-state index is 13.7. The number of ether oxygens (including phenoxy) is 2. The Bertz CT molecular complexity index is 1530. The summed E-state index contributed by atoms with van der Waals surface area (Å²) in [5, 5.41) is 0. The van der Waals surface area contributed by atoms with Gasteiger partial charge in [-0.2, -0.15) is 0 Å². The molecule has 2 aromatic carbocycles. The summed E-state index contributed by atoms with van der Waals surface area (Å²) in [5.41, 5.74) is 2.94. The second-order valence-corrected chi connectivity index (χ2v) is 9.91. The number of carbonyl (C=O) groups excluding carboxylic acids is 2. The van der Waals surface area contributed by atoms with Gasteiger partial charge in [0.2, 0.25) is 0 Å². The first kappa shape index (κ1) is 24.8. The molecule has 1 aliphatic rings. The topological polar surface area (TPSA) is 87.0 Å². The van der Waals surface area contributed by atoms with E-state index in [-0.39, 0.29) is 12.2 Å². The first-order valence-electron chi connectivity index (χ1n) is 10.9. The first-order valence-corrected chi connectivity index (χ1v) is 12.5. The zero-order valence-electron chi connectivity index (χ0n) is 19.6. The van der Waals surface area contributed by atoms with Gasteiger partial charge in [-0.15, -0.1) is 0 Å². The van der Waals surface area contributed by atoms with Crippen molar-refractivity contribution in [2.45, 2.75) is 33.7 Å². The molecule has 0 aliphatic carbocycles. The lowest BCUT2D eigenvalue weighted by atomic mass is 9.95. The fourth-order valence-electron chi connectivity index (χ4n) is 3.88. The summed E-state index contributed by atoms with van der Waals surface area (Å²) in [5.74, 6) is -0.625.